The van der Waals surface area contributed by atoms with E-state index in [-0.39, 0.29) is 12.1 Å². The normalized spacial score (nSPS) is 10.7. The summed E-state index contributed by atoms with van der Waals surface area (Å²) in [6.07, 6.45) is -2.99. The number of aromatic amines is 1. The summed E-state index contributed by atoms with van der Waals surface area (Å²) in [5.74, 6) is -1.61. The number of carboxylic acid groups (broad SMARTS) is 1. The highest BCUT2D eigenvalue weighted by molar-refractivity contribution is 5.87. The highest BCUT2D eigenvalue weighted by Gasteiger charge is 2.22. The lowest BCUT2D eigenvalue weighted by atomic mass is 10.1. The number of carboxylic acids is 1. The monoisotopic (exact) mass is 218 g/mol. The quantitative estimate of drug-likeness (QED) is 0.687. The summed E-state index contributed by atoms with van der Waals surface area (Å²) >= 11 is 0. The maximum Gasteiger partial charge on any atom is 0.352 e. The van der Waals surface area contributed by atoms with Crippen molar-refractivity contribution in [1.82, 2.24) is 4.98 Å². The fourth-order valence-electron chi connectivity index (χ4n) is 1.21. The number of alkyl halides is 2. The zero-order valence-corrected chi connectivity index (χ0v) is 7.46. The van der Waals surface area contributed by atoms with Crippen LogP contribution in [-0.2, 0) is 6.54 Å². The minimum atomic E-state index is -2.99. The third kappa shape index (κ3) is 2.18. The molecule has 0 bridgehead atoms. The number of nitrogens with one attached hydrogen (secondary N) is 1. The zero-order valence-electron chi connectivity index (χ0n) is 7.46. The summed E-state index contributed by atoms with van der Waals surface area (Å²) in [6, 6.07) is 0.869. The van der Waals surface area contributed by atoms with E-state index in [9.17, 15) is 18.4 Å². The van der Waals surface area contributed by atoms with E-state index in [4.69, 9.17) is 10.8 Å². The molecule has 5 nitrogen and oxygen atoms in total. The average molecular weight is 218 g/mol. The van der Waals surface area contributed by atoms with E-state index in [1.165, 1.54) is 0 Å². The number of nitrogens with two attached hydrogens (primary N) is 1. The first kappa shape index (κ1) is 11.3. The number of hydrogen-bond acceptors (Lipinski definition) is 3. The SMILES string of the molecule is NCc1cc(=O)[nH]c(C(=O)O)c1C(F)F. The summed E-state index contributed by atoms with van der Waals surface area (Å²) < 4.78 is 25.1. The van der Waals surface area contributed by atoms with Gasteiger partial charge < -0.3 is 15.8 Å². The molecule has 82 valence electrons. The molecule has 4 N–H and O–H groups in total. The van der Waals surface area contributed by atoms with Crippen molar-refractivity contribution in [3.63, 3.8) is 0 Å². The van der Waals surface area contributed by atoms with Crippen molar-refractivity contribution in [3.8, 4) is 0 Å². The lowest BCUT2D eigenvalue weighted by Gasteiger charge is -2.09. The Morgan fingerprint density at radius 3 is 2.60 bits per heavy atom. The van der Waals surface area contributed by atoms with Gasteiger partial charge in [-0.3, -0.25) is 4.79 Å². The number of hydrogen-bond donors (Lipinski definition) is 3. The van der Waals surface area contributed by atoms with Crippen LogP contribution in [0.25, 0.3) is 0 Å². The van der Waals surface area contributed by atoms with Gasteiger partial charge >= 0.3 is 5.97 Å². The van der Waals surface area contributed by atoms with E-state index in [0.29, 0.717) is 0 Å². The van der Waals surface area contributed by atoms with Crippen LogP contribution in [0.15, 0.2) is 10.9 Å². The van der Waals surface area contributed by atoms with E-state index in [1.807, 2.05) is 4.98 Å². The molecule has 0 aromatic carbocycles. The van der Waals surface area contributed by atoms with Gasteiger partial charge in [0.1, 0.15) is 5.69 Å². The molecule has 1 aromatic rings. The van der Waals surface area contributed by atoms with Crippen molar-refractivity contribution in [3.05, 3.63) is 33.2 Å². The van der Waals surface area contributed by atoms with Crippen LogP contribution in [0.4, 0.5) is 8.78 Å². The first-order valence-corrected chi connectivity index (χ1v) is 3.95. The van der Waals surface area contributed by atoms with Crippen LogP contribution in [0.2, 0.25) is 0 Å². The number of halogens is 2. The molecule has 7 heteroatoms. The molecule has 0 fully saturated rings. The van der Waals surface area contributed by atoms with Crippen LogP contribution in [-0.4, -0.2) is 16.1 Å². The molecule has 0 aliphatic rings. The molecule has 0 spiro atoms. The predicted octanol–water partition coefficient (Wildman–Crippen LogP) is 0.469. The Morgan fingerprint density at radius 2 is 2.20 bits per heavy atom. The van der Waals surface area contributed by atoms with Gasteiger partial charge in [-0.2, -0.15) is 0 Å². The average Bonchev–Trinajstić information content (AvgIpc) is 2.15. The van der Waals surface area contributed by atoms with E-state index in [2.05, 4.69) is 0 Å². The topological polar surface area (TPSA) is 96.2 Å². The van der Waals surface area contributed by atoms with Crippen LogP contribution >= 0.6 is 0 Å². The molecular weight excluding hydrogens is 210 g/mol. The van der Waals surface area contributed by atoms with Crippen molar-refractivity contribution < 1.29 is 18.7 Å². The lowest BCUT2D eigenvalue weighted by Crippen LogP contribution is -2.19. The Hall–Kier alpha value is -1.76. The minimum absolute atomic E-state index is 0.161. The maximum atomic E-state index is 12.5. The molecule has 1 heterocycles. The summed E-state index contributed by atoms with van der Waals surface area (Å²) in [7, 11) is 0. The number of H-pyrrole nitrogens is 1. The van der Waals surface area contributed by atoms with E-state index in [1.54, 1.807) is 0 Å². The first-order chi connectivity index (χ1) is 6.97. The van der Waals surface area contributed by atoms with Gasteiger partial charge in [-0.05, 0) is 5.56 Å². The molecule has 0 aliphatic carbocycles. The van der Waals surface area contributed by atoms with Crippen LogP contribution in [0, 0.1) is 0 Å². The number of carbonyl (C=O) groups is 1. The van der Waals surface area contributed by atoms with Gasteiger partial charge in [0.25, 0.3) is 6.43 Å². The first-order valence-electron chi connectivity index (χ1n) is 3.95. The standard InChI is InChI=1S/C8H8F2N2O3/c9-7(10)5-3(2-11)1-4(13)12-6(5)8(14)15/h1,7H,2,11H2,(H,12,13)(H,14,15). The van der Waals surface area contributed by atoms with E-state index in [0.717, 1.165) is 6.07 Å². The number of aromatic carboxylic acids is 1. The highest BCUT2D eigenvalue weighted by atomic mass is 19.3. The van der Waals surface area contributed by atoms with E-state index < -0.39 is 29.2 Å². The van der Waals surface area contributed by atoms with Gasteiger partial charge in [-0.15, -0.1) is 0 Å². The Bertz CT molecular complexity index is 442. The van der Waals surface area contributed by atoms with Gasteiger partial charge in [0.05, 0.1) is 5.56 Å². The number of rotatable bonds is 3. The molecule has 0 saturated heterocycles. The fraction of sp³-hybridized carbons (Fsp3) is 0.250. The predicted molar refractivity (Wildman–Crippen MR) is 46.9 cm³/mol. The molecule has 0 unspecified atom stereocenters. The summed E-state index contributed by atoms with van der Waals surface area (Å²) in [5, 5.41) is 8.61. The van der Waals surface area contributed by atoms with Crippen LogP contribution in [0.5, 0.6) is 0 Å². The highest BCUT2D eigenvalue weighted by Crippen LogP contribution is 2.24. The molecule has 0 amide bonds. The van der Waals surface area contributed by atoms with Gasteiger partial charge in [-0.1, -0.05) is 0 Å². The Balaban J connectivity index is 3.54. The third-order valence-corrected chi connectivity index (χ3v) is 1.82. The molecule has 15 heavy (non-hydrogen) atoms. The largest absolute Gasteiger partial charge is 0.477 e. The van der Waals surface area contributed by atoms with Crippen molar-refractivity contribution >= 4 is 5.97 Å². The second-order valence-corrected chi connectivity index (χ2v) is 2.76. The molecule has 0 atom stereocenters. The summed E-state index contributed by atoms with van der Waals surface area (Å²) in [5.41, 5.74) is 2.68. The van der Waals surface area contributed by atoms with Gasteiger partial charge in [0.2, 0.25) is 5.56 Å². The molecule has 0 aliphatic heterocycles. The maximum absolute atomic E-state index is 12.5. The second-order valence-electron chi connectivity index (χ2n) is 2.76. The van der Waals surface area contributed by atoms with Crippen molar-refractivity contribution in [2.45, 2.75) is 13.0 Å². The molecular formula is C8H8F2N2O3. The van der Waals surface area contributed by atoms with Crippen molar-refractivity contribution in [1.29, 1.82) is 0 Å². The zero-order chi connectivity index (χ0) is 11.6. The Kier molecular flexibility index (Phi) is 3.15. The van der Waals surface area contributed by atoms with Gasteiger partial charge in [0, 0.05) is 12.6 Å². The van der Waals surface area contributed by atoms with Crippen LogP contribution in [0.1, 0.15) is 28.0 Å². The number of pyridine rings is 1. The number of aromatic nitrogens is 1. The van der Waals surface area contributed by atoms with Crippen molar-refractivity contribution in [2.24, 2.45) is 5.73 Å². The van der Waals surface area contributed by atoms with E-state index >= 15 is 0 Å². The van der Waals surface area contributed by atoms with Crippen LogP contribution < -0.4 is 11.3 Å². The van der Waals surface area contributed by atoms with Crippen molar-refractivity contribution in [2.75, 3.05) is 0 Å². The molecule has 1 rings (SSSR count). The minimum Gasteiger partial charge on any atom is -0.477 e. The van der Waals surface area contributed by atoms with Gasteiger partial charge in [-0.25, -0.2) is 13.6 Å². The smallest absolute Gasteiger partial charge is 0.352 e. The van der Waals surface area contributed by atoms with Crippen LogP contribution in [0.3, 0.4) is 0 Å². The summed E-state index contributed by atoms with van der Waals surface area (Å²) in [4.78, 5) is 23.4. The molecule has 1 aromatic heterocycles. The second kappa shape index (κ2) is 4.18. The molecule has 0 saturated carbocycles. The Labute approximate surface area is 82.5 Å². The fourth-order valence-corrected chi connectivity index (χ4v) is 1.21. The third-order valence-electron chi connectivity index (χ3n) is 1.82. The van der Waals surface area contributed by atoms with Gasteiger partial charge in [0.15, 0.2) is 0 Å². The Morgan fingerprint density at radius 1 is 1.60 bits per heavy atom. The summed E-state index contributed by atoms with van der Waals surface area (Å²) in [6.45, 7) is -0.316. The lowest BCUT2D eigenvalue weighted by molar-refractivity contribution is 0.0676. The molecule has 0 radical (unpaired) electrons.